The van der Waals surface area contributed by atoms with E-state index >= 15 is 0 Å². The number of fused-ring (bicyclic) bond motifs is 1. The number of ether oxygens (including phenoxy) is 1. The summed E-state index contributed by atoms with van der Waals surface area (Å²) in [6.45, 7) is 5.01. The van der Waals surface area contributed by atoms with Gasteiger partial charge in [0.15, 0.2) is 0 Å². The smallest absolute Gasteiger partial charge is 0.254 e. The number of carbonyl (C=O) groups is 1. The summed E-state index contributed by atoms with van der Waals surface area (Å²) in [4.78, 5) is 13.9. The van der Waals surface area contributed by atoms with Crippen molar-refractivity contribution in [1.29, 1.82) is 10.7 Å². The van der Waals surface area contributed by atoms with Crippen molar-refractivity contribution in [3.63, 3.8) is 0 Å². The molecule has 0 radical (unpaired) electrons. The van der Waals surface area contributed by atoms with E-state index in [1.54, 1.807) is 23.1 Å². The van der Waals surface area contributed by atoms with Gasteiger partial charge in [0.2, 0.25) is 0 Å². The molecule has 2 unspecified atom stereocenters. The van der Waals surface area contributed by atoms with Crippen LogP contribution in [0, 0.1) is 28.6 Å². The minimum absolute atomic E-state index is 0.104. The molecule has 1 heterocycles. The molecule has 2 aliphatic rings. The Hall–Kier alpha value is -2.32. The lowest BCUT2D eigenvalue weighted by atomic mass is 10.0. The number of likely N-dealkylation sites (tertiary alicyclic amines) is 1. The lowest BCUT2D eigenvalue weighted by Crippen LogP contribution is -2.32. The summed E-state index contributed by atoms with van der Waals surface area (Å²) in [7, 11) is 0. The monoisotopic (exact) mass is 343 g/mol. The highest BCUT2D eigenvalue weighted by Gasteiger charge is 2.43. The second-order valence-corrected chi connectivity index (χ2v) is 6.77. The fraction of sp³-hybridized carbons (Fsp3) is 0.389. The summed E-state index contributed by atoms with van der Waals surface area (Å²) in [6.07, 6.45) is 2.90. The first-order valence-corrected chi connectivity index (χ1v) is 8.24. The normalized spacial score (nSPS) is 25.0. The van der Waals surface area contributed by atoms with Gasteiger partial charge in [0, 0.05) is 30.9 Å². The highest BCUT2D eigenvalue weighted by Crippen LogP contribution is 2.40. The van der Waals surface area contributed by atoms with Crippen LogP contribution in [0.25, 0.3) is 0 Å². The molecule has 6 heteroatoms. The van der Waals surface area contributed by atoms with E-state index in [-0.39, 0.29) is 17.6 Å². The minimum atomic E-state index is -0.143. The largest absolute Gasteiger partial charge is 0.490 e. The molecule has 0 bridgehead atoms. The molecule has 0 spiro atoms. The van der Waals surface area contributed by atoms with Gasteiger partial charge in [0.05, 0.1) is 16.7 Å². The molecular formula is C18H18ClN3O2. The fourth-order valence-corrected chi connectivity index (χ4v) is 3.84. The average molecular weight is 344 g/mol. The van der Waals surface area contributed by atoms with E-state index in [1.807, 2.05) is 6.07 Å². The van der Waals surface area contributed by atoms with Crippen molar-refractivity contribution < 1.29 is 9.53 Å². The molecule has 1 aliphatic carbocycles. The molecule has 1 saturated heterocycles. The van der Waals surface area contributed by atoms with Crippen LogP contribution >= 0.6 is 11.6 Å². The number of carbonyl (C=O) groups excluding carboxylic acids is 1. The molecule has 1 aliphatic heterocycles. The summed E-state index contributed by atoms with van der Waals surface area (Å²) in [5.41, 5.74) is 0.669. The Morgan fingerprint density at radius 3 is 2.62 bits per heavy atom. The highest BCUT2D eigenvalue weighted by atomic mass is 35.5. The standard InChI is InChI=1S/C18H18ClN3O2/c1-11(7-20)18(23)22-9-13-4-16(5-14(13)10-22)24-15-3-2-12(8-21)17(19)6-15/h2-3,6-7,13-14,16,20H,1,4-5,9-10H2. The van der Waals surface area contributed by atoms with Gasteiger partial charge >= 0.3 is 0 Å². The zero-order valence-electron chi connectivity index (χ0n) is 13.2. The molecule has 2 atom stereocenters. The van der Waals surface area contributed by atoms with Crippen molar-refractivity contribution in [2.45, 2.75) is 18.9 Å². The molecule has 1 amide bonds. The molecule has 1 saturated carbocycles. The van der Waals surface area contributed by atoms with Gasteiger partial charge in [0.1, 0.15) is 11.8 Å². The molecule has 5 nitrogen and oxygen atoms in total. The number of rotatable bonds is 4. The van der Waals surface area contributed by atoms with Crippen molar-refractivity contribution in [2.75, 3.05) is 13.1 Å². The molecule has 3 rings (SSSR count). The Morgan fingerprint density at radius 2 is 2.08 bits per heavy atom. The number of nitriles is 1. The van der Waals surface area contributed by atoms with Crippen molar-refractivity contribution in [3.8, 4) is 11.8 Å². The van der Waals surface area contributed by atoms with Crippen LogP contribution in [0.2, 0.25) is 5.02 Å². The van der Waals surface area contributed by atoms with Crippen LogP contribution in [0.1, 0.15) is 18.4 Å². The van der Waals surface area contributed by atoms with Gasteiger partial charge in [-0.15, -0.1) is 0 Å². The van der Waals surface area contributed by atoms with E-state index in [2.05, 4.69) is 6.58 Å². The average Bonchev–Trinajstić information content (AvgIpc) is 3.12. The first-order chi connectivity index (χ1) is 11.5. The molecule has 1 aromatic carbocycles. The number of nitrogens with zero attached hydrogens (tertiary/aromatic N) is 2. The highest BCUT2D eigenvalue weighted by molar-refractivity contribution is 6.31. The Morgan fingerprint density at radius 1 is 1.42 bits per heavy atom. The maximum atomic E-state index is 12.1. The van der Waals surface area contributed by atoms with E-state index in [4.69, 9.17) is 27.0 Å². The summed E-state index contributed by atoms with van der Waals surface area (Å²) in [5, 5.41) is 16.4. The molecule has 1 aromatic rings. The fourth-order valence-electron chi connectivity index (χ4n) is 3.62. The predicted molar refractivity (Wildman–Crippen MR) is 91.3 cm³/mol. The molecular weight excluding hydrogens is 326 g/mol. The Bertz CT molecular complexity index is 726. The van der Waals surface area contributed by atoms with Crippen molar-refractivity contribution >= 4 is 23.7 Å². The van der Waals surface area contributed by atoms with Gasteiger partial charge in [-0.2, -0.15) is 5.26 Å². The van der Waals surface area contributed by atoms with Crippen LogP contribution < -0.4 is 4.74 Å². The summed E-state index contributed by atoms with van der Waals surface area (Å²) < 4.78 is 6.01. The van der Waals surface area contributed by atoms with Crippen LogP contribution in [-0.4, -0.2) is 36.2 Å². The van der Waals surface area contributed by atoms with E-state index < -0.39 is 0 Å². The number of nitrogens with one attached hydrogen (secondary N) is 1. The van der Waals surface area contributed by atoms with Gasteiger partial charge < -0.3 is 15.0 Å². The molecule has 0 aromatic heterocycles. The molecule has 2 fully saturated rings. The number of benzene rings is 1. The third-order valence-corrected chi connectivity index (χ3v) is 5.12. The maximum absolute atomic E-state index is 12.1. The van der Waals surface area contributed by atoms with Crippen molar-refractivity contribution in [1.82, 2.24) is 4.90 Å². The SMILES string of the molecule is C=C(C=N)C(=O)N1CC2CC(Oc3ccc(C#N)c(Cl)c3)CC2C1. The summed E-state index contributed by atoms with van der Waals surface area (Å²) >= 11 is 6.03. The number of amides is 1. The maximum Gasteiger partial charge on any atom is 0.254 e. The Labute approximate surface area is 146 Å². The lowest BCUT2D eigenvalue weighted by molar-refractivity contribution is -0.125. The third-order valence-electron chi connectivity index (χ3n) is 4.81. The van der Waals surface area contributed by atoms with E-state index in [1.165, 1.54) is 0 Å². The zero-order chi connectivity index (χ0) is 17.3. The van der Waals surface area contributed by atoms with E-state index in [0.717, 1.165) is 19.1 Å². The quantitative estimate of drug-likeness (QED) is 0.674. The lowest BCUT2D eigenvalue weighted by Gasteiger charge is -2.20. The summed E-state index contributed by atoms with van der Waals surface area (Å²) in [6, 6.07) is 7.14. The second kappa shape index (κ2) is 6.66. The van der Waals surface area contributed by atoms with Crippen LogP contribution in [0.3, 0.4) is 0 Å². The van der Waals surface area contributed by atoms with Gasteiger partial charge in [-0.25, -0.2) is 0 Å². The van der Waals surface area contributed by atoms with Gasteiger partial charge in [-0.1, -0.05) is 18.2 Å². The first kappa shape index (κ1) is 16.5. The summed E-state index contributed by atoms with van der Waals surface area (Å²) in [5.74, 6) is 1.38. The molecule has 124 valence electrons. The zero-order valence-corrected chi connectivity index (χ0v) is 13.9. The van der Waals surface area contributed by atoms with Gasteiger partial charge in [-0.3, -0.25) is 4.79 Å². The van der Waals surface area contributed by atoms with Crippen LogP contribution in [0.4, 0.5) is 0 Å². The number of hydrogen-bond donors (Lipinski definition) is 1. The van der Waals surface area contributed by atoms with Crippen LogP contribution in [0.5, 0.6) is 5.75 Å². The van der Waals surface area contributed by atoms with Crippen molar-refractivity contribution in [2.24, 2.45) is 11.8 Å². The van der Waals surface area contributed by atoms with E-state index in [0.29, 0.717) is 41.3 Å². The molecule has 24 heavy (non-hydrogen) atoms. The van der Waals surface area contributed by atoms with Gasteiger partial charge in [-0.05, 0) is 36.8 Å². The first-order valence-electron chi connectivity index (χ1n) is 7.86. The van der Waals surface area contributed by atoms with E-state index in [9.17, 15) is 4.79 Å². The molecule has 1 N–H and O–H groups in total. The van der Waals surface area contributed by atoms with Crippen LogP contribution in [0.15, 0.2) is 30.4 Å². The minimum Gasteiger partial charge on any atom is -0.490 e. The predicted octanol–water partition coefficient (Wildman–Crippen LogP) is 3.03. The Balaban J connectivity index is 1.58. The topological polar surface area (TPSA) is 77.2 Å². The number of halogens is 1. The van der Waals surface area contributed by atoms with Crippen molar-refractivity contribution in [3.05, 3.63) is 40.9 Å². The Kier molecular flexibility index (Phi) is 4.59. The number of hydrogen-bond acceptors (Lipinski definition) is 4. The van der Waals surface area contributed by atoms with Crippen LogP contribution in [-0.2, 0) is 4.79 Å². The second-order valence-electron chi connectivity index (χ2n) is 6.36. The third kappa shape index (κ3) is 3.15. The van der Waals surface area contributed by atoms with Gasteiger partial charge in [0.25, 0.3) is 5.91 Å².